The van der Waals surface area contributed by atoms with Crippen molar-refractivity contribution in [1.29, 1.82) is 0 Å². The summed E-state index contributed by atoms with van der Waals surface area (Å²) in [5.74, 6) is 0.967. The van der Waals surface area contributed by atoms with Crippen LogP contribution < -0.4 is 10.1 Å². The first-order valence-electron chi connectivity index (χ1n) is 5.49. The molecule has 0 aliphatic carbocycles. The molecule has 1 aromatic heterocycles. The molecule has 0 radical (unpaired) electrons. The van der Waals surface area contributed by atoms with E-state index in [0.29, 0.717) is 33.1 Å². The van der Waals surface area contributed by atoms with Crippen LogP contribution in [0.25, 0.3) is 0 Å². The van der Waals surface area contributed by atoms with Gasteiger partial charge in [0.05, 0.1) is 15.1 Å². The van der Waals surface area contributed by atoms with E-state index in [0.717, 1.165) is 0 Å². The Morgan fingerprint density at radius 3 is 2.79 bits per heavy atom. The topological polar surface area (TPSA) is 47.0 Å². The van der Waals surface area contributed by atoms with Crippen LogP contribution in [-0.2, 0) is 0 Å². The third-order valence-electron chi connectivity index (χ3n) is 2.15. The van der Waals surface area contributed by atoms with Crippen LogP contribution in [0.2, 0.25) is 0 Å². The molecule has 1 N–H and O–H groups in total. The minimum atomic E-state index is -0.339. The minimum absolute atomic E-state index is 0.339. The Morgan fingerprint density at radius 2 is 2.11 bits per heavy atom. The normalized spacial score (nSPS) is 10.3. The monoisotopic (exact) mass is 389 g/mol. The SMILES string of the molecule is CCNc1ncc(Br)c(Oc2ccc(F)cc2Br)n1. The van der Waals surface area contributed by atoms with Gasteiger partial charge < -0.3 is 10.1 Å². The summed E-state index contributed by atoms with van der Waals surface area (Å²) in [6, 6.07) is 4.18. The lowest BCUT2D eigenvalue weighted by molar-refractivity contribution is 0.454. The van der Waals surface area contributed by atoms with Crippen LogP contribution >= 0.6 is 31.9 Å². The van der Waals surface area contributed by atoms with Gasteiger partial charge in [-0.1, -0.05) is 0 Å². The van der Waals surface area contributed by atoms with Crippen molar-refractivity contribution in [1.82, 2.24) is 9.97 Å². The smallest absolute Gasteiger partial charge is 0.238 e. The second-order valence-electron chi connectivity index (χ2n) is 3.55. The predicted octanol–water partition coefficient (Wildman–Crippen LogP) is 4.36. The van der Waals surface area contributed by atoms with Gasteiger partial charge in [-0.15, -0.1) is 0 Å². The van der Waals surface area contributed by atoms with Crippen molar-refractivity contribution >= 4 is 37.8 Å². The average molecular weight is 391 g/mol. The molecule has 0 spiro atoms. The number of hydrogen-bond acceptors (Lipinski definition) is 4. The van der Waals surface area contributed by atoms with Crippen molar-refractivity contribution in [2.24, 2.45) is 0 Å². The van der Waals surface area contributed by atoms with Crippen LogP contribution in [0.4, 0.5) is 10.3 Å². The molecule has 0 unspecified atom stereocenters. The van der Waals surface area contributed by atoms with Crippen molar-refractivity contribution in [2.75, 3.05) is 11.9 Å². The van der Waals surface area contributed by atoms with E-state index in [9.17, 15) is 4.39 Å². The van der Waals surface area contributed by atoms with Gasteiger partial charge in [-0.2, -0.15) is 4.98 Å². The number of aromatic nitrogens is 2. The van der Waals surface area contributed by atoms with Crippen LogP contribution in [-0.4, -0.2) is 16.5 Å². The Bertz CT molecular complexity index is 595. The van der Waals surface area contributed by atoms with Gasteiger partial charge in [-0.25, -0.2) is 9.37 Å². The number of nitrogens with one attached hydrogen (secondary N) is 1. The van der Waals surface area contributed by atoms with Crippen LogP contribution in [0.15, 0.2) is 33.3 Å². The van der Waals surface area contributed by atoms with E-state index >= 15 is 0 Å². The summed E-state index contributed by atoms with van der Waals surface area (Å²) in [5, 5.41) is 2.99. The van der Waals surface area contributed by atoms with Crippen molar-refractivity contribution in [2.45, 2.75) is 6.92 Å². The maximum Gasteiger partial charge on any atom is 0.238 e. The fraction of sp³-hybridized carbons (Fsp3) is 0.167. The number of halogens is 3. The Labute approximate surface area is 126 Å². The van der Waals surface area contributed by atoms with Gasteiger partial charge in [0, 0.05) is 6.54 Å². The second-order valence-corrected chi connectivity index (χ2v) is 5.26. The number of hydrogen-bond donors (Lipinski definition) is 1. The molecule has 0 aliphatic rings. The molecule has 1 heterocycles. The zero-order chi connectivity index (χ0) is 13.8. The molecular weight excluding hydrogens is 381 g/mol. The van der Waals surface area contributed by atoms with Gasteiger partial charge in [-0.3, -0.25) is 0 Å². The lowest BCUT2D eigenvalue weighted by Crippen LogP contribution is -2.03. The highest BCUT2D eigenvalue weighted by atomic mass is 79.9. The van der Waals surface area contributed by atoms with Crippen molar-refractivity contribution in [3.05, 3.63) is 39.2 Å². The number of benzene rings is 1. The molecule has 0 saturated carbocycles. The van der Waals surface area contributed by atoms with Crippen LogP contribution in [0.5, 0.6) is 11.6 Å². The van der Waals surface area contributed by atoms with Gasteiger partial charge in [-0.05, 0) is 57.0 Å². The van der Waals surface area contributed by atoms with E-state index in [1.165, 1.54) is 18.2 Å². The molecule has 2 aromatic rings. The lowest BCUT2D eigenvalue weighted by Gasteiger charge is -2.09. The summed E-state index contributed by atoms with van der Waals surface area (Å²) in [4.78, 5) is 8.30. The Balaban J connectivity index is 2.29. The summed E-state index contributed by atoms with van der Waals surface area (Å²) in [7, 11) is 0. The standard InChI is InChI=1S/C12H10Br2FN3O/c1-2-16-12-17-6-9(14)11(18-12)19-10-4-3-7(15)5-8(10)13/h3-6H,2H2,1H3,(H,16,17,18). The Kier molecular flexibility index (Phi) is 4.71. The number of nitrogens with zero attached hydrogens (tertiary/aromatic N) is 2. The highest BCUT2D eigenvalue weighted by molar-refractivity contribution is 9.11. The molecule has 2 rings (SSSR count). The second kappa shape index (κ2) is 6.29. The quantitative estimate of drug-likeness (QED) is 0.842. The van der Waals surface area contributed by atoms with E-state index in [4.69, 9.17) is 4.74 Å². The Morgan fingerprint density at radius 1 is 1.32 bits per heavy atom. The summed E-state index contributed by atoms with van der Waals surface area (Å²) < 4.78 is 19.8. The molecule has 0 bridgehead atoms. The third-order valence-corrected chi connectivity index (χ3v) is 3.31. The maximum atomic E-state index is 13.0. The van der Waals surface area contributed by atoms with Crippen LogP contribution in [0.1, 0.15) is 6.92 Å². The van der Waals surface area contributed by atoms with E-state index in [1.54, 1.807) is 6.20 Å². The molecule has 7 heteroatoms. The fourth-order valence-corrected chi connectivity index (χ4v) is 2.03. The van der Waals surface area contributed by atoms with Gasteiger partial charge in [0.25, 0.3) is 0 Å². The van der Waals surface area contributed by atoms with E-state index in [1.807, 2.05) is 6.92 Å². The largest absolute Gasteiger partial charge is 0.436 e. The zero-order valence-corrected chi connectivity index (χ0v) is 13.1. The summed E-state index contributed by atoms with van der Waals surface area (Å²) >= 11 is 6.55. The van der Waals surface area contributed by atoms with Gasteiger partial charge in [0.1, 0.15) is 11.6 Å². The molecule has 100 valence electrons. The lowest BCUT2D eigenvalue weighted by atomic mass is 10.3. The number of ether oxygens (including phenoxy) is 1. The predicted molar refractivity (Wildman–Crippen MR) is 78.1 cm³/mol. The number of anilines is 1. The molecule has 0 amide bonds. The molecule has 0 atom stereocenters. The zero-order valence-electron chi connectivity index (χ0n) is 9.95. The van der Waals surface area contributed by atoms with E-state index in [2.05, 4.69) is 47.1 Å². The summed E-state index contributed by atoms with van der Waals surface area (Å²) in [5.41, 5.74) is 0. The number of rotatable bonds is 4. The first-order chi connectivity index (χ1) is 9.10. The van der Waals surface area contributed by atoms with Crippen molar-refractivity contribution < 1.29 is 9.13 Å². The molecule has 0 aliphatic heterocycles. The van der Waals surface area contributed by atoms with Crippen LogP contribution in [0.3, 0.4) is 0 Å². The van der Waals surface area contributed by atoms with E-state index < -0.39 is 0 Å². The first kappa shape index (κ1) is 14.2. The van der Waals surface area contributed by atoms with E-state index in [-0.39, 0.29) is 5.82 Å². The molecule has 0 saturated heterocycles. The molecular formula is C12H10Br2FN3O. The van der Waals surface area contributed by atoms with Crippen LogP contribution in [0, 0.1) is 5.82 Å². The molecule has 4 nitrogen and oxygen atoms in total. The maximum absolute atomic E-state index is 13.0. The average Bonchev–Trinajstić information content (AvgIpc) is 2.37. The summed E-state index contributed by atoms with van der Waals surface area (Å²) in [6.07, 6.45) is 1.59. The first-order valence-corrected chi connectivity index (χ1v) is 7.08. The molecule has 19 heavy (non-hydrogen) atoms. The molecule has 1 aromatic carbocycles. The third kappa shape index (κ3) is 3.63. The Hall–Kier alpha value is -1.21. The van der Waals surface area contributed by atoms with Gasteiger partial charge >= 0.3 is 0 Å². The van der Waals surface area contributed by atoms with Gasteiger partial charge in [0.2, 0.25) is 11.8 Å². The van der Waals surface area contributed by atoms with Crippen molar-refractivity contribution in [3.63, 3.8) is 0 Å². The highest BCUT2D eigenvalue weighted by Gasteiger charge is 2.10. The summed E-state index contributed by atoms with van der Waals surface area (Å²) in [6.45, 7) is 2.66. The van der Waals surface area contributed by atoms with Gasteiger partial charge in [0.15, 0.2) is 0 Å². The minimum Gasteiger partial charge on any atom is -0.436 e. The van der Waals surface area contributed by atoms with Crippen molar-refractivity contribution in [3.8, 4) is 11.6 Å². The fourth-order valence-electron chi connectivity index (χ4n) is 1.33. The highest BCUT2D eigenvalue weighted by Crippen LogP contribution is 2.33. The molecule has 0 fully saturated rings.